The first-order valence-electron chi connectivity index (χ1n) is 5.04. The van der Waals surface area contributed by atoms with E-state index in [9.17, 15) is 5.11 Å². The van der Waals surface area contributed by atoms with Gasteiger partial charge >= 0.3 is 0 Å². The van der Waals surface area contributed by atoms with Crippen LogP contribution in [0.25, 0.3) is 0 Å². The highest BCUT2D eigenvalue weighted by Crippen LogP contribution is 2.30. The van der Waals surface area contributed by atoms with E-state index in [0.717, 1.165) is 19.4 Å². The molecule has 1 fully saturated rings. The van der Waals surface area contributed by atoms with E-state index < -0.39 is 0 Å². The molecule has 0 aromatic carbocycles. The Labute approximate surface area is 88.5 Å². The lowest BCUT2D eigenvalue weighted by Gasteiger charge is -2.29. The van der Waals surface area contributed by atoms with Crippen molar-refractivity contribution in [2.75, 3.05) is 6.61 Å². The van der Waals surface area contributed by atoms with E-state index in [-0.39, 0.29) is 11.7 Å². The van der Waals surface area contributed by atoms with Gasteiger partial charge < -0.3 is 9.84 Å². The van der Waals surface area contributed by atoms with E-state index >= 15 is 0 Å². The average molecular weight is 212 g/mol. The van der Waals surface area contributed by atoms with Crippen molar-refractivity contribution in [3.63, 3.8) is 0 Å². The standard InChI is InChI=1S/C11H16O2S/c1-11(4-2-5-13-11)10(12)7-9-3-6-14-8-9/h3,6,8,10,12H,2,4-5,7H2,1H3. The van der Waals surface area contributed by atoms with Crippen LogP contribution in [0.15, 0.2) is 16.8 Å². The van der Waals surface area contributed by atoms with Gasteiger partial charge in [0.25, 0.3) is 0 Å². The highest BCUT2D eigenvalue weighted by atomic mass is 32.1. The van der Waals surface area contributed by atoms with Crippen LogP contribution in [-0.4, -0.2) is 23.4 Å². The van der Waals surface area contributed by atoms with Gasteiger partial charge in [0.1, 0.15) is 0 Å². The molecule has 2 rings (SSSR count). The van der Waals surface area contributed by atoms with E-state index in [1.807, 2.05) is 12.3 Å². The van der Waals surface area contributed by atoms with Crippen LogP contribution in [0.4, 0.5) is 0 Å². The molecule has 1 aromatic rings. The van der Waals surface area contributed by atoms with Gasteiger partial charge in [-0.05, 0) is 42.2 Å². The first kappa shape index (κ1) is 10.1. The largest absolute Gasteiger partial charge is 0.390 e. The van der Waals surface area contributed by atoms with Crippen LogP contribution in [0.3, 0.4) is 0 Å². The van der Waals surface area contributed by atoms with Gasteiger partial charge in [-0.25, -0.2) is 0 Å². The van der Waals surface area contributed by atoms with E-state index in [4.69, 9.17) is 4.74 Å². The number of thiophene rings is 1. The summed E-state index contributed by atoms with van der Waals surface area (Å²) in [6.07, 6.45) is 2.37. The van der Waals surface area contributed by atoms with Gasteiger partial charge in [0.05, 0.1) is 11.7 Å². The summed E-state index contributed by atoms with van der Waals surface area (Å²) in [5, 5.41) is 14.2. The highest BCUT2D eigenvalue weighted by Gasteiger charge is 2.37. The predicted octanol–water partition coefficient (Wildman–Crippen LogP) is 2.22. The van der Waals surface area contributed by atoms with Crippen molar-refractivity contribution in [2.24, 2.45) is 0 Å². The minimum atomic E-state index is -0.375. The zero-order valence-electron chi connectivity index (χ0n) is 8.40. The molecule has 0 spiro atoms. The molecule has 0 radical (unpaired) electrons. The molecule has 2 nitrogen and oxygen atoms in total. The minimum Gasteiger partial charge on any atom is -0.390 e. The molecule has 0 saturated carbocycles. The maximum atomic E-state index is 10.1. The summed E-state index contributed by atoms with van der Waals surface area (Å²) in [6.45, 7) is 2.80. The van der Waals surface area contributed by atoms with Gasteiger partial charge in [-0.3, -0.25) is 0 Å². The molecule has 1 aromatic heterocycles. The van der Waals surface area contributed by atoms with E-state index in [2.05, 4.69) is 11.4 Å². The molecular formula is C11H16O2S. The van der Waals surface area contributed by atoms with Crippen LogP contribution in [0.1, 0.15) is 25.3 Å². The maximum Gasteiger partial charge on any atom is 0.0916 e. The fourth-order valence-electron chi connectivity index (χ4n) is 1.91. The van der Waals surface area contributed by atoms with Gasteiger partial charge in [-0.2, -0.15) is 11.3 Å². The zero-order valence-corrected chi connectivity index (χ0v) is 9.22. The van der Waals surface area contributed by atoms with Crippen molar-refractivity contribution in [3.05, 3.63) is 22.4 Å². The third-order valence-electron chi connectivity index (χ3n) is 2.96. The van der Waals surface area contributed by atoms with Crippen molar-refractivity contribution in [1.29, 1.82) is 0 Å². The molecule has 2 heterocycles. The Bertz CT molecular complexity index is 275. The van der Waals surface area contributed by atoms with Gasteiger partial charge in [0.15, 0.2) is 0 Å². The monoisotopic (exact) mass is 212 g/mol. The third-order valence-corrected chi connectivity index (χ3v) is 3.70. The summed E-state index contributed by atoms with van der Waals surface area (Å²) in [6, 6.07) is 2.06. The van der Waals surface area contributed by atoms with E-state index in [0.29, 0.717) is 6.42 Å². The van der Waals surface area contributed by atoms with Gasteiger partial charge in [-0.1, -0.05) is 0 Å². The second kappa shape index (κ2) is 4.01. The fourth-order valence-corrected chi connectivity index (χ4v) is 2.59. The summed E-state index contributed by atoms with van der Waals surface area (Å²) in [5.74, 6) is 0. The summed E-state index contributed by atoms with van der Waals surface area (Å²) in [5.41, 5.74) is 0.890. The molecule has 1 aliphatic rings. The number of aliphatic hydroxyl groups excluding tert-OH is 1. The number of aliphatic hydroxyl groups is 1. The number of ether oxygens (including phenoxy) is 1. The Hall–Kier alpha value is -0.380. The second-order valence-electron chi connectivity index (χ2n) is 4.12. The Kier molecular flexibility index (Phi) is 2.91. The average Bonchev–Trinajstić information content (AvgIpc) is 2.76. The molecule has 2 atom stereocenters. The number of rotatable bonds is 3. The lowest BCUT2D eigenvalue weighted by molar-refractivity contribution is -0.0767. The normalized spacial score (nSPS) is 29.3. The molecule has 1 saturated heterocycles. The van der Waals surface area contributed by atoms with Gasteiger partial charge in [-0.15, -0.1) is 0 Å². The lowest BCUT2D eigenvalue weighted by atomic mass is 9.92. The molecule has 1 N–H and O–H groups in total. The first-order chi connectivity index (χ1) is 6.71. The summed E-state index contributed by atoms with van der Waals surface area (Å²) in [7, 11) is 0. The molecule has 3 heteroatoms. The Morgan fingerprint density at radius 2 is 2.57 bits per heavy atom. The minimum absolute atomic E-state index is 0.318. The van der Waals surface area contributed by atoms with E-state index in [1.165, 1.54) is 5.56 Å². The summed E-state index contributed by atoms with van der Waals surface area (Å²) >= 11 is 1.67. The quantitative estimate of drug-likeness (QED) is 0.832. The molecule has 0 aliphatic carbocycles. The first-order valence-corrected chi connectivity index (χ1v) is 5.98. The maximum absolute atomic E-state index is 10.1. The number of hydrogen-bond donors (Lipinski definition) is 1. The van der Waals surface area contributed by atoms with Gasteiger partial charge in [0.2, 0.25) is 0 Å². The Morgan fingerprint density at radius 3 is 3.14 bits per heavy atom. The van der Waals surface area contributed by atoms with Gasteiger partial charge in [0, 0.05) is 13.0 Å². The van der Waals surface area contributed by atoms with Crippen molar-refractivity contribution < 1.29 is 9.84 Å². The second-order valence-corrected chi connectivity index (χ2v) is 4.90. The molecular weight excluding hydrogens is 196 g/mol. The number of hydrogen-bond acceptors (Lipinski definition) is 3. The molecule has 0 bridgehead atoms. The van der Waals surface area contributed by atoms with Crippen molar-refractivity contribution in [3.8, 4) is 0 Å². The third kappa shape index (κ3) is 2.00. The van der Waals surface area contributed by atoms with E-state index in [1.54, 1.807) is 11.3 Å². The topological polar surface area (TPSA) is 29.5 Å². The molecule has 14 heavy (non-hydrogen) atoms. The molecule has 2 unspecified atom stereocenters. The highest BCUT2D eigenvalue weighted by molar-refractivity contribution is 7.07. The van der Waals surface area contributed by atoms with Crippen LogP contribution >= 0.6 is 11.3 Å². The Balaban J connectivity index is 1.98. The lowest BCUT2D eigenvalue weighted by Crippen LogP contribution is -2.39. The molecule has 78 valence electrons. The van der Waals surface area contributed by atoms with Crippen LogP contribution in [0, 0.1) is 0 Å². The predicted molar refractivity (Wildman–Crippen MR) is 57.6 cm³/mol. The van der Waals surface area contributed by atoms with Crippen LogP contribution < -0.4 is 0 Å². The molecule has 0 amide bonds. The van der Waals surface area contributed by atoms with Crippen molar-refractivity contribution in [1.82, 2.24) is 0 Å². The SMILES string of the molecule is CC1(C(O)Cc2ccsc2)CCCO1. The Morgan fingerprint density at radius 1 is 1.71 bits per heavy atom. The van der Waals surface area contributed by atoms with Crippen molar-refractivity contribution in [2.45, 2.75) is 37.9 Å². The van der Waals surface area contributed by atoms with Crippen LogP contribution in [0.5, 0.6) is 0 Å². The van der Waals surface area contributed by atoms with Crippen molar-refractivity contribution >= 4 is 11.3 Å². The fraction of sp³-hybridized carbons (Fsp3) is 0.636. The summed E-state index contributed by atoms with van der Waals surface area (Å²) in [4.78, 5) is 0. The molecule has 1 aliphatic heterocycles. The zero-order chi connectivity index (χ0) is 10.0. The summed E-state index contributed by atoms with van der Waals surface area (Å²) < 4.78 is 5.60. The smallest absolute Gasteiger partial charge is 0.0916 e. The van der Waals surface area contributed by atoms with Crippen LogP contribution in [0.2, 0.25) is 0 Å². The van der Waals surface area contributed by atoms with Crippen LogP contribution in [-0.2, 0) is 11.2 Å².